The minimum atomic E-state index is -0.990. The summed E-state index contributed by atoms with van der Waals surface area (Å²) in [5, 5.41) is 10.9. The summed E-state index contributed by atoms with van der Waals surface area (Å²) < 4.78 is 13.5. The van der Waals surface area contributed by atoms with Gasteiger partial charge < -0.3 is 14.3 Å². The molecule has 0 spiro atoms. The predicted molar refractivity (Wildman–Crippen MR) is 94.1 cm³/mol. The van der Waals surface area contributed by atoms with Crippen molar-refractivity contribution in [1.82, 2.24) is 9.55 Å². The lowest BCUT2D eigenvalue weighted by atomic mass is 9.65. The van der Waals surface area contributed by atoms with E-state index in [4.69, 9.17) is 9.16 Å². The summed E-state index contributed by atoms with van der Waals surface area (Å²) in [4.78, 5) is 26.1. The van der Waals surface area contributed by atoms with Crippen molar-refractivity contribution in [2.24, 2.45) is 5.41 Å². The molecular formula is C16H28N2O5Si. The zero-order valence-corrected chi connectivity index (χ0v) is 17.5. The average Bonchev–Trinajstić information content (AvgIpc) is 2.81. The van der Waals surface area contributed by atoms with E-state index in [-0.39, 0.29) is 6.42 Å². The van der Waals surface area contributed by atoms with Crippen LogP contribution in [0.3, 0.4) is 0 Å². The summed E-state index contributed by atoms with van der Waals surface area (Å²) in [6, 6.07) is 0. The van der Waals surface area contributed by atoms with Crippen LogP contribution in [0.25, 0.3) is 0 Å². The van der Waals surface area contributed by atoms with Crippen molar-refractivity contribution < 1.29 is 14.3 Å². The van der Waals surface area contributed by atoms with E-state index in [1.54, 1.807) is 6.92 Å². The van der Waals surface area contributed by atoms with Crippen molar-refractivity contribution in [2.45, 2.75) is 71.5 Å². The number of aliphatic hydroxyl groups excluding tert-OH is 1. The van der Waals surface area contributed by atoms with Gasteiger partial charge in [0.05, 0.1) is 11.7 Å². The molecule has 0 unspecified atom stereocenters. The van der Waals surface area contributed by atoms with Crippen molar-refractivity contribution in [3.05, 3.63) is 32.6 Å². The molecule has 2 heterocycles. The Balaban J connectivity index is 2.57. The molecule has 1 aliphatic heterocycles. The summed E-state index contributed by atoms with van der Waals surface area (Å²) in [5.74, 6) is 0. The van der Waals surface area contributed by atoms with Crippen molar-refractivity contribution in [1.29, 1.82) is 0 Å². The predicted octanol–water partition coefficient (Wildman–Crippen LogP) is -0.0147. The quantitative estimate of drug-likeness (QED) is 0.743. The zero-order valence-electron chi connectivity index (χ0n) is 15.5. The second-order valence-electron chi connectivity index (χ2n) is 8.00. The second-order valence-corrected chi connectivity index (χ2v) is 8.41. The van der Waals surface area contributed by atoms with E-state index < -0.39 is 40.2 Å². The van der Waals surface area contributed by atoms with Crippen LogP contribution < -0.4 is 11.2 Å². The maximum atomic E-state index is 12.2. The van der Waals surface area contributed by atoms with Gasteiger partial charge in [0.25, 0.3) is 5.56 Å². The van der Waals surface area contributed by atoms with Crippen molar-refractivity contribution in [3.8, 4) is 0 Å². The maximum Gasteiger partial charge on any atom is 0.330 e. The average molecular weight is 356 g/mol. The third-order valence-corrected chi connectivity index (χ3v) is 6.21. The van der Waals surface area contributed by atoms with Gasteiger partial charge in [0.15, 0.2) is 0 Å². The molecule has 1 aliphatic rings. The SMILES string of the molecule is Cc1cn([C@H]2C[C@H](O)[C@@](C(C)(C)C)(C(C)(C)O[SiH3])O2)c(=O)[nH]c1=O. The van der Waals surface area contributed by atoms with E-state index in [2.05, 4.69) is 4.98 Å². The third kappa shape index (κ3) is 2.71. The normalized spacial score (nSPS) is 28.5. The Morgan fingerprint density at radius 3 is 2.46 bits per heavy atom. The first-order valence-corrected chi connectivity index (χ1v) is 8.92. The van der Waals surface area contributed by atoms with Crippen LogP contribution in [0.15, 0.2) is 15.8 Å². The highest BCUT2D eigenvalue weighted by Gasteiger charge is 2.64. The van der Waals surface area contributed by atoms with Crippen LogP contribution in [0.4, 0.5) is 0 Å². The minimum absolute atomic E-state index is 0.247. The fourth-order valence-electron chi connectivity index (χ4n) is 3.94. The molecule has 1 aromatic heterocycles. The lowest BCUT2D eigenvalue weighted by Gasteiger charge is -2.53. The number of nitrogens with one attached hydrogen (secondary N) is 1. The van der Waals surface area contributed by atoms with Gasteiger partial charge in [0.1, 0.15) is 22.3 Å². The Bertz CT molecular complexity index is 733. The topological polar surface area (TPSA) is 93.6 Å². The lowest BCUT2D eigenvalue weighted by molar-refractivity contribution is -0.238. The standard InChI is InChI=1S/C16H28N2O5Si/c1-9-8-18(13(21)17-12(9)20)11-7-10(19)16(22-11,14(2,3)4)15(5,6)23-24/h8,10-11,19H,7H2,1-6,24H3,(H,17,20,21)/t10-,11+,16+/m0/s1. The Morgan fingerprint density at radius 1 is 1.38 bits per heavy atom. The van der Waals surface area contributed by atoms with E-state index in [9.17, 15) is 14.7 Å². The number of hydrogen-bond donors (Lipinski definition) is 2. The van der Waals surface area contributed by atoms with Crippen LogP contribution in [-0.2, 0) is 9.16 Å². The molecule has 0 aromatic carbocycles. The monoisotopic (exact) mass is 356 g/mol. The van der Waals surface area contributed by atoms with Gasteiger partial charge in [-0.25, -0.2) is 4.79 Å². The molecule has 0 saturated carbocycles. The Kier molecular flexibility index (Phi) is 4.73. The van der Waals surface area contributed by atoms with E-state index in [1.807, 2.05) is 34.6 Å². The highest BCUT2D eigenvalue weighted by molar-refractivity contribution is 5.98. The van der Waals surface area contributed by atoms with Gasteiger partial charge in [0.2, 0.25) is 0 Å². The highest BCUT2D eigenvalue weighted by Crippen LogP contribution is 2.53. The van der Waals surface area contributed by atoms with Crippen LogP contribution in [0.5, 0.6) is 0 Å². The Labute approximate surface area is 144 Å². The van der Waals surface area contributed by atoms with E-state index in [0.29, 0.717) is 16.0 Å². The first kappa shape index (κ1) is 19.1. The van der Waals surface area contributed by atoms with Gasteiger partial charge in [0, 0.05) is 18.2 Å². The summed E-state index contributed by atoms with van der Waals surface area (Å²) >= 11 is 0. The molecule has 3 atom stereocenters. The van der Waals surface area contributed by atoms with Crippen LogP contribution in [0.2, 0.25) is 0 Å². The number of nitrogens with zero attached hydrogens (tertiary/aromatic N) is 1. The zero-order chi connectivity index (χ0) is 18.5. The minimum Gasteiger partial charge on any atom is -0.420 e. The van der Waals surface area contributed by atoms with Gasteiger partial charge >= 0.3 is 5.69 Å². The molecule has 0 bridgehead atoms. The van der Waals surface area contributed by atoms with Gasteiger partial charge in [-0.05, 0) is 26.2 Å². The Hall–Kier alpha value is -1.22. The number of ether oxygens (including phenoxy) is 1. The van der Waals surface area contributed by atoms with Crippen LogP contribution in [-0.4, -0.2) is 42.4 Å². The molecule has 24 heavy (non-hydrogen) atoms. The molecule has 2 N–H and O–H groups in total. The van der Waals surface area contributed by atoms with Crippen molar-refractivity contribution >= 4 is 10.5 Å². The van der Waals surface area contributed by atoms with E-state index in [1.165, 1.54) is 10.8 Å². The number of aromatic nitrogens is 2. The molecule has 136 valence electrons. The number of H-pyrrole nitrogens is 1. The van der Waals surface area contributed by atoms with E-state index >= 15 is 0 Å². The molecule has 1 aromatic rings. The first-order valence-electron chi connectivity index (χ1n) is 8.10. The summed E-state index contributed by atoms with van der Waals surface area (Å²) in [5.41, 5.74) is -2.70. The largest absolute Gasteiger partial charge is 0.420 e. The number of aryl methyl sites for hydroxylation is 1. The molecule has 0 amide bonds. The lowest BCUT2D eigenvalue weighted by Crippen LogP contribution is -2.65. The van der Waals surface area contributed by atoms with Gasteiger partial charge in [-0.15, -0.1) is 0 Å². The molecule has 7 nitrogen and oxygen atoms in total. The van der Waals surface area contributed by atoms with E-state index in [0.717, 1.165) is 0 Å². The molecule has 1 saturated heterocycles. The fourth-order valence-corrected chi connectivity index (χ4v) is 4.25. The second kappa shape index (κ2) is 5.94. The van der Waals surface area contributed by atoms with Gasteiger partial charge in [-0.1, -0.05) is 20.8 Å². The molecular weight excluding hydrogens is 328 g/mol. The Morgan fingerprint density at radius 2 is 1.96 bits per heavy atom. The molecule has 1 fully saturated rings. The first-order chi connectivity index (χ1) is 10.9. The third-order valence-electron chi connectivity index (χ3n) is 5.19. The van der Waals surface area contributed by atoms with Gasteiger partial charge in [-0.3, -0.25) is 14.3 Å². The summed E-state index contributed by atoms with van der Waals surface area (Å²) in [6.07, 6.45) is 0.243. The fraction of sp³-hybridized carbons (Fsp3) is 0.750. The molecule has 8 heteroatoms. The number of hydrogen-bond acceptors (Lipinski definition) is 5. The number of aromatic amines is 1. The number of aliphatic hydroxyl groups is 1. The van der Waals surface area contributed by atoms with Crippen LogP contribution in [0.1, 0.15) is 52.8 Å². The summed E-state index contributed by atoms with van der Waals surface area (Å²) in [6.45, 7) is 11.4. The summed E-state index contributed by atoms with van der Waals surface area (Å²) in [7, 11) is 0.492. The molecule has 0 aliphatic carbocycles. The molecule has 2 rings (SSSR count). The molecule has 0 radical (unpaired) electrons. The highest BCUT2D eigenvalue weighted by atomic mass is 28.2. The van der Waals surface area contributed by atoms with Crippen molar-refractivity contribution in [3.63, 3.8) is 0 Å². The van der Waals surface area contributed by atoms with Crippen molar-refractivity contribution in [2.75, 3.05) is 0 Å². The maximum absolute atomic E-state index is 12.2. The van der Waals surface area contributed by atoms with Crippen LogP contribution in [0, 0.1) is 12.3 Å². The van der Waals surface area contributed by atoms with Crippen LogP contribution >= 0.6 is 0 Å². The van der Waals surface area contributed by atoms with Gasteiger partial charge in [-0.2, -0.15) is 0 Å². The smallest absolute Gasteiger partial charge is 0.330 e. The number of rotatable bonds is 3.